The largest absolute Gasteiger partial charge is 0.478 e. The number of imide groups is 1. The van der Waals surface area contributed by atoms with Crippen molar-refractivity contribution >= 4 is 53.7 Å². The molecule has 0 saturated heterocycles. The van der Waals surface area contributed by atoms with Gasteiger partial charge in [0, 0.05) is 0 Å². The summed E-state index contributed by atoms with van der Waals surface area (Å²) in [6, 6.07) is 14.1. The number of aromatic carboxylic acids is 2. The zero-order valence-corrected chi connectivity index (χ0v) is 17.6. The van der Waals surface area contributed by atoms with Gasteiger partial charge < -0.3 is 15.9 Å². The molecule has 0 aliphatic carbocycles. The topological polar surface area (TPSA) is 147 Å². The summed E-state index contributed by atoms with van der Waals surface area (Å²) in [5, 5.41) is 20.3. The van der Waals surface area contributed by atoms with Gasteiger partial charge in [-0.15, -0.1) is 0 Å². The molecule has 0 radical (unpaired) electrons. The first-order chi connectivity index (χ1) is 16.2. The second kappa shape index (κ2) is 8.87. The number of hydrogen-bond acceptors (Lipinski definition) is 5. The van der Waals surface area contributed by atoms with Crippen LogP contribution < -0.4 is 11.1 Å². The third-order valence-electron chi connectivity index (χ3n) is 5.34. The summed E-state index contributed by atoms with van der Waals surface area (Å²) in [5.41, 5.74) is 9.34. The van der Waals surface area contributed by atoms with Gasteiger partial charge in [-0.3, -0.25) is 14.9 Å². The Morgan fingerprint density at radius 1 is 0.676 bits per heavy atom. The molecule has 0 aromatic heterocycles. The van der Waals surface area contributed by atoms with Crippen LogP contribution in [0.1, 0.15) is 63.7 Å². The Hall–Kier alpha value is -4.98. The molecule has 0 unspecified atom stereocenters. The second-order valence-electron chi connectivity index (χ2n) is 7.52. The highest BCUT2D eigenvalue weighted by atomic mass is 16.4. The van der Waals surface area contributed by atoms with E-state index in [1.54, 1.807) is 54.6 Å². The van der Waals surface area contributed by atoms with Crippen LogP contribution in [-0.4, -0.2) is 34.0 Å². The van der Waals surface area contributed by atoms with E-state index in [0.29, 0.717) is 16.7 Å². The maximum absolute atomic E-state index is 12.4. The van der Waals surface area contributed by atoms with Gasteiger partial charge in [-0.2, -0.15) is 0 Å². The smallest absolute Gasteiger partial charge is 0.335 e. The number of carboxylic acid groups (broad SMARTS) is 2. The fourth-order valence-electron chi connectivity index (χ4n) is 3.56. The monoisotopic (exact) mass is 454 g/mol. The zero-order valence-electron chi connectivity index (χ0n) is 17.6. The van der Waals surface area contributed by atoms with Crippen molar-refractivity contribution in [3.8, 4) is 0 Å². The highest BCUT2D eigenvalue weighted by Gasteiger charge is 2.32. The van der Waals surface area contributed by atoms with Gasteiger partial charge in [-0.1, -0.05) is 48.6 Å². The van der Waals surface area contributed by atoms with Crippen LogP contribution in [0.2, 0.25) is 0 Å². The fourth-order valence-corrected chi connectivity index (χ4v) is 3.56. The number of nitrogens with one attached hydrogen (secondary N) is 1. The average Bonchev–Trinajstić information content (AvgIpc) is 3.12. The lowest BCUT2D eigenvalue weighted by molar-refractivity contribution is 0.0686. The van der Waals surface area contributed by atoms with Gasteiger partial charge in [0.25, 0.3) is 11.8 Å². The standard InChI is InChI=1S/C26H18N2O6/c27-22-19(12-6-15-3-9-17(10-4-15)26(33)34)13-18(20-21(22)24(30)28-23(20)29)11-5-14-1-7-16(8-2-14)25(31)32/h1-13H,27H2,(H,31,32)(H,33,34)(H,28,29,30). The van der Waals surface area contributed by atoms with E-state index in [2.05, 4.69) is 5.32 Å². The molecule has 3 aromatic carbocycles. The Kier molecular flexibility index (Phi) is 5.80. The molecule has 0 fully saturated rings. The maximum atomic E-state index is 12.4. The third-order valence-corrected chi connectivity index (χ3v) is 5.34. The molecule has 2 amide bonds. The molecule has 0 saturated carbocycles. The molecular weight excluding hydrogens is 436 g/mol. The fraction of sp³-hybridized carbons (Fsp3) is 0. The number of hydrogen-bond donors (Lipinski definition) is 4. The Morgan fingerprint density at radius 3 is 1.59 bits per heavy atom. The van der Waals surface area contributed by atoms with E-state index < -0.39 is 23.8 Å². The summed E-state index contributed by atoms with van der Waals surface area (Å²) in [6.45, 7) is 0. The molecule has 0 atom stereocenters. The van der Waals surface area contributed by atoms with Gasteiger partial charge in [0.1, 0.15) is 0 Å². The molecule has 168 valence electrons. The number of fused-ring (bicyclic) bond motifs is 1. The molecule has 1 aliphatic rings. The Bertz CT molecular complexity index is 1400. The van der Waals surface area contributed by atoms with Crippen LogP contribution in [0.5, 0.6) is 0 Å². The average molecular weight is 454 g/mol. The van der Waals surface area contributed by atoms with Gasteiger partial charge in [0.05, 0.1) is 27.9 Å². The van der Waals surface area contributed by atoms with Crippen molar-refractivity contribution in [1.82, 2.24) is 5.32 Å². The van der Waals surface area contributed by atoms with E-state index in [1.807, 2.05) is 0 Å². The summed E-state index contributed by atoms with van der Waals surface area (Å²) in [5.74, 6) is -3.19. The van der Waals surface area contributed by atoms with Gasteiger partial charge in [0.15, 0.2) is 0 Å². The van der Waals surface area contributed by atoms with Crippen LogP contribution in [0.25, 0.3) is 24.3 Å². The lowest BCUT2D eigenvalue weighted by atomic mass is 9.95. The van der Waals surface area contributed by atoms with Crippen LogP contribution in [-0.2, 0) is 0 Å². The van der Waals surface area contributed by atoms with Crippen LogP contribution in [0, 0.1) is 0 Å². The molecule has 1 heterocycles. The normalized spacial score (nSPS) is 12.8. The molecule has 8 nitrogen and oxygen atoms in total. The quantitative estimate of drug-likeness (QED) is 0.251. The number of rotatable bonds is 6. The lowest BCUT2D eigenvalue weighted by Gasteiger charge is -2.09. The minimum absolute atomic E-state index is 0.0919. The van der Waals surface area contributed by atoms with Crippen molar-refractivity contribution < 1.29 is 29.4 Å². The van der Waals surface area contributed by atoms with Gasteiger partial charge in [-0.05, 0) is 52.6 Å². The highest BCUT2D eigenvalue weighted by Crippen LogP contribution is 2.32. The minimum Gasteiger partial charge on any atom is -0.478 e. The van der Waals surface area contributed by atoms with E-state index >= 15 is 0 Å². The first-order valence-electron chi connectivity index (χ1n) is 10.1. The molecule has 0 spiro atoms. The summed E-state index contributed by atoms with van der Waals surface area (Å²) < 4.78 is 0. The van der Waals surface area contributed by atoms with E-state index in [9.17, 15) is 19.2 Å². The van der Waals surface area contributed by atoms with Gasteiger partial charge in [0.2, 0.25) is 0 Å². The van der Waals surface area contributed by atoms with E-state index in [1.165, 1.54) is 24.3 Å². The Morgan fingerprint density at radius 2 is 1.12 bits per heavy atom. The van der Waals surface area contributed by atoms with E-state index in [0.717, 1.165) is 5.56 Å². The minimum atomic E-state index is -1.03. The van der Waals surface area contributed by atoms with Crippen molar-refractivity contribution in [3.05, 3.63) is 99.1 Å². The third kappa shape index (κ3) is 4.33. The number of carboxylic acids is 2. The summed E-state index contributed by atoms with van der Waals surface area (Å²) in [4.78, 5) is 46.8. The molecule has 3 aromatic rings. The molecule has 4 rings (SSSR count). The van der Waals surface area contributed by atoms with Gasteiger partial charge >= 0.3 is 11.9 Å². The first kappa shape index (κ1) is 22.2. The molecule has 34 heavy (non-hydrogen) atoms. The number of amides is 2. The van der Waals surface area contributed by atoms with Crippen molar-refractivity contribution in [2.75, 3.05) is 5.73 Å². The van der Waals surface area contributed by atoms with Crippen molar-refractivity contribution in [2.24, 2.45) is 0 Å². The summed E-state index contributed by atoms with van der Waals surface area (Å²) in [7, 11) is 0. The van der Waals surface area contributed by atoms with Crippen molar-refractivity contribution in [2.45, 2.75) is 0 Å². The molecular formula is C26H18N2O6. The molecule has 5 N–H and O–H groups in total. The van der Waals surface area contributed by atoms with E-state index in [-0.39, 0.29) is 27.9 Å². The Labute approximate surface area is 193 Å². The SMILES string of the molecule is Nc1c(C=Cc2ccc(C(=O)O)cc2)cc(C=Cc2ccc(C(=O)O)cc2)c2c1C(=O)NC2=O. The van der Waals surface area contributed by atoms with Crippen LogP contribution in [0.4, 0.5) is 5.69 Å². The molecule has 1 aliphatic heterocycles. The Balaban J connectivity index is 1.72. The van der Waals surface area contributed by atoms with Crippen LogP contribution in [0.15, 0.2) is 54.6 Å². The number of anilines is 1. The van der Waals surface area contributed by atoms with Crippen LogP contribution in [0.3, 0.4) is 0 Å². The van der Waals surface area contributed by atoms with Crippen molar-refractivity contribution in [3.63, 3.8) is 0 Å². The number of carbonyl (C=O) groups excluding carboxylic acids is 2. The second-order valence-corrected chi connectivity index (χ2v) is 7.52. The number of nitrogen functional groups attached to an aromatic ring is 1. The lowest BCUT2D eigenvalue weighted by Crippen LogP contribution is -2.20. The van der Waals surface area contributed by atoms with Gasteiger partial charge in [-0.25, -0.2) is 9.59 Å². The zero-order chi connectivity index (χ0) is 24.4. The predicted molar refractivity (Wildman–Crippen MR) is 127 cm³/mol. The van der Waals surface area contributed by atoms with E-state index in [4.69, 9.17) is 15.9 Å². The highest BCUT2D eigenvalue weighted by molar-refractivity contribution is 6.25. The number of carbonyl (C=O) groups is 4. The number of benzene rings is 3. The molecule has 0 bridgehead atoms. The van der Waals surface area contributed by atoms with Crippen LogP contribution >= 0.6 is 0 Å². The first-order valence-corrected chi connectivity index (χ1v) is 10.1. The predicted octanol–water partition coefficient (Wildman–Crippen LogP) is 3.89. The summed E-state index contributed by atoms with van der Waals surface area (Å²) >= 11 is 0. The maximum Gasteiger partial charge on any atom is 0.335 e. The number of nitrogens with two attached hydrogens (primary N) is 1. The van der Waals surface area contributed by atoms with Crippen molar-refractivity contribution in [1.29, 1.82) is 0 Å². The summed E-state index contributed by atoms with van der Waals surface area (Å²) in [6.07, 6.45) is 6.76. The molecule has 8 heteroatoms.